The smallest absolute Gasteiger partial charge is 0.242 e. The van der Waals surface area contributed by atoms with E-state index in [4.69, 9.17) is 23.2 Å². The second-order valence-corrected chi connectivity index (χ2v) is 6.77. The molecule has 0 bridgehead atoms. The number of hydrogen-bond acceptors (Lipinski definition) is 2. The van der Waals surface area contributed by atoms with Crippen molar-refractivity contribution in [2.45, 2.75) is 32.9 Å². The van der Waals surface area contributed by atoms with E-state index in [0.717, 1.165) is 11.1 Å². The maximum Gasteiger partial charge on any atom is 0.242 e. The minimum absolute atomic E-state index is 0.119. The van der Waals surface area contributed by atoms with Crippen molar-refractivity contribution in [1.82, 2.24) is 10.2 Å². The molecular weight excluding hydrogens is 371 g/mol. The number of carbonyl (C=O) groups is 2. The number of nitrogens with one attached hydrogen (secondary N) is 1. The van der Waals surface area contributed by atoms with Crippen LogP contribution in [-0.2, 0) is 22.6 Å². The standard InChI is InChI=1S/C20H22Cl2N2O2/c1-3-23-20(26)14(2)24(13-16-9-5-7-11-18(16)22)19(25)12-15-8-4-6-10-17(15)21/h4-11,14H,3,12-13H2,1-2H3,(H,23,26)/t14-/m0/s1. The molecule has 2 aromatic carbocycles. The Morgan fingerprint density at radius 2 is 1.54 bits per heavy atom. The first-order valence-electron chi connectivity index (χ1n) is 8.48. The summed E-state index contributed by atoms with van der Waals surface area (Å²) in [6, 6.07) is 13.9. The van der Waals surface area contributed by atoms with Crippen molar-refractivity contribution in [3.8, 4) is 0 Å². The van der Waals surface area contributed by atoms with Gasteiger partial charge in [-0.05, 0) is 37.1 Å². The van der Waals surface area contributed by atoms with Crippen molar-refractivity contribution < 1.29 is 9.59 Å². The molecule has 2 amide bonds. The molecule has 2 aromatic rings. The highest BCUT2D eigenvalue weighted by Crippen LogP contribution is 2.21. The molecule has 2 rings (SSSR count). The molecule has 0 spiro atoms. The molecule has 138 valence electrons. The monoisotopic (exact) mass is 392 g/mol. The van der Waals surface area contributed by atoms with Crippen LogP contribution in [0.5, 0.6) is 0 Å². The molecule has 1 atom stereocenters. The SMILES string of the molecule is CCNC(=O)[C@H](C)N(Cc1ccccc1Cl)C(=O)Cc1ccccc1Cl. The molecular formula is C20H22Cl2N2O2. The third-order valence-electron chi connectivity index (χ3n) is 4.12. The zero-order chi connectivity index (χ0) is 19.1. The normalized spacial score (nSPS) is 11.7. The van der Waals surface area contributed by atoms with Crippen LogP contribution in [0.25, 0.3) is 0 Å². The molecule has 0 unspecified atom stereocenters. The predicted octanol–water partition coefficient (Wildman–Crippen LogP) is 4.09. The van der Waals surface area contributed by atoms with Gasteiger partial charge in [-0.1, -0.05) is 59.6 Å². The number of benzene rings is 2. The van der Waals surface area contributed by atoms with E-state index in [1.54, 1.807) is 19.1 Å². The van der Waals surface area contributed by atoms with E-state index in [9.17, 15) is 9.59 Å². The van der Waals surface area contributed by atoms with E-state index in [-0.39, 0.29) is 24.8 Å². The van der Waals surface area contributed by atoms with Crippen molar-refractivity contribution in [1.29, 1.82) is 0 Å². The molecule has 0 aliphatic rings. The molecule has 6 heteroatoms. The van der Waals surface area contributed by atoms with Gasteiger partial charge in [0.25, 0.3) is 0 Å². The van der Waals surface area contributed by atoms with Crippen molar-refractivity contribution >= 4 is 35.0 Å². The largest absolute Gasteiger partial charge is 0.355 e. The molecule has 0 heterocycles. The van der Waals surface area contributed by atoms with Gasteiger partial charge in [0.2, 0.25) is 11.8 Å². The number of hydrogen-bond donors (Lipinski definition) is 1. The van der Waals surface area contributed by atoms with Gasteiger partial charge in [-0.15, -0.1) is 0 Å². The van der Waals surface area contributed by atoms with Crippen LogP contribution >= 0.6 is 23.2 Å². The second kappa shape index (κ2) is 9.60. The minimum Gasteiger partial charge on any atom is -0.355 e. The molecule has 4 nitrogen and oxygen atoms in total. The number of carbonyl (C=O) groups excluding carboxylic acids is 2. The minimum atomic E-state index is -0.624. The Labute approximate surface area is 164 Å². The van der Waals surface area contributed by atoms with Gasteiger partial charge in [0.1, 0.15) is 6.04 Å². The summed E-state index contributed by atoms with van der Waals surface area (Å²) in [5.41, 5.74) is 1.52. The Balaban J connectivity index is 2.27. The molecule has 0 fully saturated rings. The van der Waals surface area contributed by atoms with Crippen molar-refractivity contribution in [3.05, 3.63) is 69.7 Å². The van der Waals surface area contributed by atoms with E-state index < -0.39 is 6.04 Å². The molecule has 1 N–H and O–H groups in total. The summed E-state index contributed by atoms with van der Waals surface area (Å²) in [5.74, 6) is -0.385. The third kappa shape index (κ3) is 5.23. The van der Waals surface area contributed by atoms with Gasteiger partial charge in [0, 0.05) is 23.1 Å². The Morgan fingerprint density at radius 3 is 2.08 bits per heavy atom. The van der Waals surface area contributed by atoms with Crippen LogP contribution in [0.1, 0.15) is 25.0 Å². The van der Waals surface area contributed by atoms with E-state index in [0.29, 0.717) is 16.6 Å². The van der Waals surface area contributed by atoms with Crippen LogP contribution in [0.2, 0.25) is 10.0 Å². The first-order valence-corrected chi connectivity index (χ1v) is 9.23. The summed E-state index contributed by atoms with van der Waals surface area (Å²) in [4.78, 5) is 26.8. The fourth-order valence-electron chi connectivity index (χ4n) is 2.62. The first-order chi connectivity index (χ1) is 12.4. The van der Waals surface area contributed by atoms with E-state index in [1.165, 1.54) is 4.90 Å². The Morgan fingerprint density at radius 1 is 1.00 bits per heavy atom. The van der Waals surface area contributed by atoms with Gasteiger partial charge in [-0.3, -0.25) is 9.59 Å². The van der Waals surface area contributed by atoms with Crippen molar-refractivity contribution in [2.24, 2.45) is 0 Å². The van der Waals surface area contributed by atoms with Crippen molar-refractivity contribution in [3.63, 3.8) is 0 Å². The van der Waals surface area contributed by atoms with Crippen LogP contribution in [0.4, 0.5) is 0 Å². The number of nitrogens with zero attached hydrogens (tertiary/aromatic N) is 1. The fraction of sp³-hybridized carbons (Fsp3) is 0.300. The fourth-order valence-corrected chi connectivity index (χ4v) is 3.02. The zero-order valence-corrected chi connectivity index (χ0v) is 16.3. The average Bonchev–Trinajstić information content (AvgIpc) is 2.62. The predicted molar refractivity (Wildman–Crippen MR) is 105 cm³/mol. The van der Waals surface area contributed by atoms with Gasteiger partial charge < -0.3 is 10.2 Å². The van der Waals surface area contributed by atoms with Crippen molar-refractivity contribution in [2.75, 3.05) is 6.54 Å². The molecule has 0 saturated heterocycles. The van der Waals surface area contributed by atoms with E-state index >= 15 is 0 Å². The second-order valence-electron chi connectivity index (χ2n) is 5.95. The summed E-state index contributed by atoms with van der Waals surface area (Å²) >= 11 is 12.4. The molecule has 0 aliphatic heterocycles. The van der Waals surface area contributed by atoms with Gasteiger partial charge >= 0.3 is 0 Å². The van der Waals surface area contributed by atoms with Crippen LogP contribution in [-0.4, -0.2) is 29.3 Å². The lowest BCUT2D eigenvalue weighted by Crippen LogP contribution is -2.48. The lowest BCUT2D eigenvalue weighted by atomic mass is 10.1. The molecule has 26 heavy (non-hydrogen) atoms. The number of amides is 2. The Hall–Kier alpha value is -2.04. The average molecular weight is 393 g/mol. The van der Waals surface area contributed by atoms with Crippen LogP contribution in [0, 0.1) is 0 Å². The van der Waals surface area contributed by atoms with Crippen LogP contribution < -0.4 is 5.32 Å². The summed E-state index contributed by atoms with van der Waals surface area (Å²) < 4.78 is 0. The van der Waals surface area contributed by atoms with Gasteiger partial charge in [0.05, 0.1) is 6.42 Å². The highest BCUT2D eigenvalue weighted by molar-refractivity contribution is 6.31. The van der Waals surface area contributed by atoms with E-state index in [2.05, 4.69) is 5.32 Å². The lowest BCUT2D eigenvalue weighted by molar-refractivity contribution is -0.140. The summed E-state index contributed by atoms with van der Waals surface area (Å²) in [6.07, 6.45) is 0.119. The van der Waals surface area contributed by atoms with E-state index in [1.807, 2.05) is 43.3 Å². The summed E-state index contributed by atoms with van der Waals surface area (Å²) in [7, 11) is 0. The number of likely N-dealkylation sites (N-methyl/N-ethyl adjacent to an activating group) is 1. The van der Waals surface area contributed by atoms with Crippen LogP contribution in [0.15, 0.2) is 48.5 Å². The first kappa shape index (κ1) is 20.3. The van der Waals surface area contributed by atoms with Gasteiger partial charge in [0.15, 0.2) is 0 Å². The summed E-state index contributed by atoms with van der Waals surface area (Å²) in [5, 5.41) is 3.86. The number of rotatable bonds is 7. The summed E-state index contributed by atoms with van der Waals surface area (Å²) in [6.45, 7) is 4.31. The van der Waals surface area contributed by atoms with Crippen LogP contribution in [0.3, 0.4) is 0 Å². The Kier molecular flexibility index (Phi) is 7.49. The highest BCUT2D eigenvalue weighted by Gasteiger charge is 2.26. The molecule has 0 aliphatic carbocycles. The maximum atomic E-state index is 13.0. The topological polar surface area (TPSA) is 49.4 Å². The Bertz CT molecular complexity index is 780. The molecule has 0 radical (unpaired) electrons. The number of halogens is 2. The molecule has 0 saturated carbocycles. The van der Waals surface area contributed by atoms with Gasteiger partial charge in [-0.25, -0.2) is 0 Å². The highest BCUT2D eigenvalue weighted by atomic mass is 35.5. The van der Waals surface area contributed by atoms with Gasteiger partial charge in [-0.2, -0.15) is 0 Å². The third-order valence-corrected chi connectivity index (χ3v) is 4.85. The lowest BCUT2D eigenvalue weighted by Gasteiger charge is -2.29. The zero-order valence-electron chi connectivity index (χ0n) is 14.8. The molecule has 0 aromatic heterocycles. The quantitative estimate of drug-likeness (QED) is 0.771. The maximum absolute atomic E-state index is 13.0.